The van der Waals surface area contributed by atoms with Crippen LogP contribution in [0.3, 0.4) is 0 Å². The maximum atomic E-state index is 5.58. The van der Waals surface area contributed by atoms with Crippen LogP contribution < -0.4 is 10.1 Å². The Hall–Kier alpha value is -1.25. The minimum absolute atomic E-state index is 0.530. The number of rotatable bonds is 4. The van der Waals surface area contributed by atoms with E-state index in [0.29, 0.717) is 24.5 Å². The number of hydrogen-bond donors (Lipinski definition) is 1. The molecule has 0 saturated heterocycles. The standard InChI is InChI=1S/C15H24N2O/c1-4-18-15-13(9-6-10-16-15)17-14-11(2)7-5-8-12(14)3/h6,9-12,14,17H,4-5,7-8H2,1-3H3. The maximum Gasteiger partial charge on any atom is 0.237 e. The van der Waals surface area contributed by atoms with Crippen molar-refractivity contribution in [1.29, 1.82) is 0 Å². The van der Waals surface area contributed by atoms with E-state index in [4.69, 9.17) is 4.74 Å². The number of pyridine rings is 1. The van der Waals surface area contributed by atoms with Gasteiger partial charge < -0.3 is 10.1 Å². The first-order valence-electron chi connectivity index (χ1n) is 7.06. The molecular formula is C15H24N2O. The van der Waals surface area contributed by atoms with Gasteiger partial charge in [0.15, 0.2) is 0 Å². The van der Waals surface area contributed by atoms with E-state index in [0.717, 1.165) is 11.6 Å². The fourth-order valence-corrected chi connectivity index (χ4v) is 2.90. The van der Waals surface area contributed by atoms with E-state index in [1.807, 2.05) is 13.0 Å². The summed E-state index contributed by atoms with van der Waals surface area (Å²) in [7, 11) is 0. The van der Waals surface area contributed by atoms with Crippen LogP contribution in [-0.4, -0.2) is 17.6 Å². The van der Waals surface area contributed by atoms with Crippen molar-refractivity contribution in [2.24, 2.45) is 11.8 Å². The summed E-state index contributed by atoms with van der Waals surface area (Å²) in [5.74, 6) is 2.15. The predicted molar refractivity (Wildman–Crippen MR) is 75.0 cm³/mol. The summed E-state index contributed by atoms with van der Waals surface area (Å²) < 4.78 is 5.58. The summed E-state index contributed by atoms with van der Waals surface area (Å²) in [4.78, 5) is 4.30. The van der Waals surface area contributed by atoms with Gasteiger partial charge >= 0.3 is 0 Å². The molecule has 2 rings (SSSR count). The van der Waals surface area contributed by atoms with E-state index < -0.39 is 0 Å². The molecule has 1 aromatic rings. The number of nitrogens with one attached hydrogen (secondary N) is 1. The van der Waals surface area contributed by atoms with Crippen LogP contribution in [0.5, 0.6) is 5.88 Å². The molecule has 0 amide bonds. The number of ether oxygens (including phenoxy) is 1. The Morgan fingerprint density at radius 1 is 1.33 bits per heavy atom. The maximum absolute atomic E-state index is 5.58. The van der Waals surface area contributed by atoms with E-state index in [-0.39, 0.29) is 0 Å². The minimum Gasteiger partial charge on any atom is -0.476 e. The van der Waals surface area contributed by atoms with Crippen molar-refractivity contribution in [3.63, 3.8) is 0 Å². The average Bonchev–Trinajstić information content (AvgIpc) is 2.36. The Labute approximate surface area is 110 Å². The molecule has 1 heterocycles. The number of anilines is 1. The van der Waals surface area contributed by atoms with E-state index in [2.05, 4.69) is 30.2 Å². The van der Waals surface area contributed by atoms with Gasteiger partial charge in [0.2, 0.25) is 5.88 Å². The van der Waals surface area contributed by atoms with Crippen molar-refractivity contribution in [2.75, 3.05) is 11.9 Å². The first-order chi connectivity index (χ1) is 8.72. The second-order valence-corrected chi connectivity index (χ2v) is 5.34. The first kappa shape index (κ1) is 13.2. The molecule has 1 aromatic heterocycles. The van der Waals surface area contributed by atoms with Crippen LogP contribution in [0.4, 0.5) is 5.69 Å². The van der Waals surface area contributed by atoms with E-state index >= 15 is 0 Å². The monoisotopic (exact) mass is 248 g/mol. The van der Waals surface area contributed by atoms with Crippen LogP contribution in [0.25, 0.3) is 0 Å². The predicted octanol–water partition coefficient (Wildman–Crippen LogP) is 3.72. The van der Waals surface area contributed by atoms with E-state index in [9.17, 15) is 0 Å². The van der Waals surface area contributed by atoms with Crippen molar-refractivity contribution >= 4 is 5.69 Å². The van der Waals surface area contributed by atoms with Crippen LogP contribution in [0.2, 0.25) is 0 Å². The smallest absolute Gasteiger partial charge is 0.237 e. The fraction of sp³-hybridized carbons (Fsp3) is 0.667. The third-order valence-electron chi connectivity index (χ3n) is 3.92. The summed E-state index contributed by atoms with van der Waals surface area (Å²) in [6, 6.07) is 4.55. The number of aromatic nitrogens is 1. The second-order valence-electron chi connectivity index (χ2n) is 5.34. The lowest BCUT2D eigenvalue weighted by molar-refractivity contribution is 0.266. The molecule has 3 nitrogen and oxygen atoms in total. The summed E-state index contributed by atoms with van der Waals surface area (Å²) >= 11 is 0. The quantitative estimate of drug-likeness (QED) is 0.882. The third-order valence-corrected chi connectivity index (χ3v) is 3.92. The van der Waals surface area contributed by atoms with Gasteiger partial charge in [0, 0.05) is 12.2 Å². The molecule has 2 atom stereocenters. The lowest BCUT2D eigenvalue weighted by Crippen LogP contribution is -2.37. The van der Waals surface area contributed by atoms with Crippen LogP contribution in [-0.2, 0) is 0 Å². The normalized spacial score (nSPS) is 27.8. The van der Waals surface area contributed by atoms with Crippen LogP contribution in [0, 0.1) is 11.8 Å². The molecule has 1 aliphatic carbocycles. The molecule has 0 spiro atoms. The van der Waals surface area contributed by atoms with Gasteiger partial charge in [-0.05, 0) is 43.7 Å². The minimum atomic E-state index is 0.530. The van der Waals surface area contributed by atoms with Crippen LogP contribution in [0.15, 0.2) is 18.3 Å². The Bertz CT molecular complexity index is 371. The second kappa shape index (κ2) is 6.07. The van der Waals surface area contributed by atoms with Crippen molar-refractivity contribution in [3.8, 4) is 5.88 Å². The van der Waals surface area contributed by atoms with Gasteiger partial charge in [-0.25, -0.2) is 4.98 Å². The van der Waals surface area contributed by atoms with Gasteiger partial charge in [-0.15, -0.1) is 0 Å². The lowest BCUT2D eigenvalue weighted by atomic mass is 9.78. The lowest BCUT2D eigenvalue weighted by Gasteiger charge is -2.36. The van der Waals surface area contributed by atoms with Gasteiger partial charge in [-0.2, -0.15) is 0 Å². The van der Waals surface area contributed by atoms with Gasteiger partial charge in [-0.3, -0.25) is 0 Å². The number of nitrogens with zero attached hydrogens (tertiary/aromatic N) is 1. The van der Waals surface area contributed by atoms with Crippen molar-refractivity contribution in [1.82, 2.24) is 4.98 Å². The Balaban J connectivity index is 2.12. The zero-order chi connectivity index (χ0) is 13.0. The summed E-state index contributed by atoms with van der Waals surface area (Å²) in [5, 5.41) is 3.65. The van der Waals surface area contributed by atoms with Crippen molar-refractivity contribution < 1.29 is 4.74 Å². The van der Waals surface area contributed by atoms with Gasteiger partial charge in [-0.1, -0.05) is 20.3 Å². The number of hydrogen-bond acceptors (Lipinski definition) is 3. The molecular weight excluding hydrogens is 224 g/mol. The fourth-order valence-electron chi connectivity index (χ4n) is 2.90. The molecule has 100 valence electrons. The highest BCUT2D eigenvalue weighted by Gasteiger charge is 2.28. The van der Waals surface area contributed by atoms with Crippen LogP contribution in [0.1, 0.15) is 40.0 Å². The molecule has 1 saturated carbocycles. The molecule has 0 radical (unpaired) electrons. The molecule has 0 aromatic carbocycles. The van der Waals surface area contributed by atoms with E-state index in [1.165, 1.54) is 19.3 Å². The van der Waals surface area contributed by atoms with Crippen molar-refractivity contribution in [3.05, 3.63) is 18.3 Å². The van der Waals surface area contributed by atoms with Gasteiger partial charge in [0.1, 0.15) is 0 Å². The van der Waals surface area contributed by atoms with E-state index in [1.54, 1.807) is 6.20 Å². The average molecular weight is 248 g/mol. The third kappa shape index (κ3) is 2.95. The summed E-state index contributed by atoms with van der Waals surface area (Å²) in [6.45, 7) is 7.32. The SMILES string of the molecule is CCOc1ncccc1NC1C(C)CCCC1C. The molecule has 3 heteroatoms. The molecule has 1 aliphatic rings. The highest BCUT2D eigenvalue weighted by Crippen LogP contribution is 2.33. The molecule has 0 bridgehead atoms. The van der Waals surface area contributed by atoms with Crippen LogP contribution >= 0.6 is 0 Å². The first-order valence-corrected chi connectivity index (χ1v) is 7.06. The highest BCUT2D eigenvalue weighted by molar-refractivity contribution is 5.53. The Kier molecular flexibility index (Phi) is 4.45. The summed E-state index contributed by atoms with van der Waals surface area (Å²) in [5.41, 5.74) is 1.03. The molecule has 1 N–H and O–H groups in total. The largest absolute Gasteiger partial charge is 0.476 e. The Morgan fingerprint density at radius 3 is 2.72 bits per heavy atom. The molecule has 18 heavy (non-hydrogen) atoms. The molecule has 1 fully saturated rings. The molecule has 0 aliphatic heterocycles. The van der Waals surface area contributed by atoms with Gasteiger partial charge in [0.25, 0.3) is 0 Å². The topological polar surface area (TPSA) is 34.1 Å². The van der Waals surface area contributed by atoms with Gasteiger partial charge in [0.05, 0.1) is 12.3 Å². The zero-order valence-corrected chi connectivity index (χ0v) is 11.6. The molecule has 2 unspecified atom stereocenters. The highest BCUT2D eigenvalue weighted by atomic mass is 16.5. The summed E-state index contributed by atoms with van der Waals surface area (Å²) in [6.07, 6.45) is 5.76. The van der Waals surface area contributed by atoms with Crippen molar-refractivity contribution in [2.45, 2.75) is 46.1 Å². The Morgan fingerprint density at radius 2 is 2.06 bits per heavy atom. The zero-order valence-electron chi connectivity index (χ0n) is 11.6.